The molecule has 144 valence electrons. The molecular weight excluding hydrogens is 342 g/mol. The molecular formula is C17H25N3O6. The predicted octanol–water partition coefficient (Wildman–Crippen LogP) is 1.90. The number of rotatable bonds is 9. The molecule has 9 nitrogen and oxygen atoms in total. The molecule has 0 saturated carbocycles. The fourth-order valence-corrected chi connectivity index (χ4v) is 2.24. The highest BCUT2D eigenvalue weighted by Gasteiger charge is 2.35. The molecule has 1 aromatic rings. The zero-order valence-corrected chi connectivity index (χ0v) is 15.3. The van der Waals surface area contributed by atoms with Crippen LogP contribution in [0.5, 0.6) is 5.75 Å². The molecule has 9 heteroatoms. The second-order valence-corrected chi connectivity index (χ2v) is 5.33. The van der Waals surface area contributed by atoms with Gasteiger partial charge < -0.3 is 14.9 Å². The lowest BCUT2D eigenvalue weighted by Gasteiger charge is -2.12. The van der Waals surface area contributed by atoms with E-state index in [9.17, 15) is 19.7 Å². The molecule has 0 bridgehead atoms. The average Bonchev–Trinajstić information content (AvgIpc) is 2.85. The minimum atomic E-state index is -0.963. The lowest BCUT2D eigenvalue weighted by molar-refractivity contribution is -0.757. The van der Waals surface area contributed by atoms with Gasteiger partial charge >= 0.3 is 0 Å². The number of hydrogen-bond donors (Lipinski definition) is 1. The number of amides is 2. The van der Waals surface area contributed by atoms with Crippen molar-refractivity contribution >= 4 is 11.8 Å². The summed E-state index contributed by atoms with van der Waals surface area (Å²) in [5, 5.41) is 12.2. The molecule has 0 saturated heterocycles. The lowest BCUT2D eigenvalue weighted by Crippen LogP contribution is -2.33. The van der Waals surface area contributed by atoms with E-state index in [-0.39, 0.29) is 24.3 Å². The summed E-state index contributed by atoms with van der Waals surface area (Å²) in [5.74, 6) is -0.465. The maximum absolute atomic E-state index is 12.1. The summed E-state index contributed by atoms with van der Waals surface area (Å²) in [4.78, 5) is 39.3. The summed E-state index contributed by atoms with van der Waals surface area (Å²) in [6.45, 7) is 8.34. The highest BCUT2D eigenvalue weighted by Crippen LogP contribution is 2.26. The van der Waals surface area contributed by atoms with E-state index in [0.717, 1.165) is 24.4 Å². The summed E-state index contributed by atoms with van der Waals surface area (Å²) in [6.07, 6.45) is 0.828. The SMILES string of the molecule is CCCOc1ccc2c(c1)C(=O)N(CCO[N+](=O)[O-])C2=O.CCNCC. The van der Waals surface area contributed by atoms with Gasteiger partial charge in [0.1, 0.15) is 12.4 Å². The van der Waals surface area contributed by atoms with Gasteiger partial charge in [-0.2, -0.15) is 0 Å². The van der Waals surface area contributed by atoms with E-state index in [0.29, 0.717) is 12.4 Å². The first kappa shape index (κ1) is 21.4. The van der Waals surface area contributed by atoms with Crippen LogP contribution in [0.25, 0.3) is 0 Å². The van der Waals surface area contributed by atoms with Crippen molar-refractivity contribution in [2.75, 3.05) is 32.8 Å². The van der Waals surface area contributed by atoms with Crippen LogP contribution in [0, 0.1) is 10.1 Å². The molecule has 0 aliphatic carbocycles. The third-order valence-corrected chi connectivity index (χ3v) is 3.43. The van der Waals surface area contributed by atoms with Gasteiger partial charge in [-0.15, -0.1) is 10.1 Å². The molecule has 1 aliphatic heterocycles. The summed E-state index contributed by atoms with van der Waals surface area (Å²) >= 11 is 0. The van der Waals surface area contributed by atoms with Crippen molar-refractivity contribution in [1.29, 1.82) is 0 Å². The van der Waals surface area contributed by atoms with Gasteiger partial charge in [0.15, 0.2) is 0 Å². The van der Waals surface area contributed by atoms with Gasteiger partial charge in [0.05, 0.1) is 24.3 Å². The molecule has 2 amide bonds. The number of nitrogens with zero attached hydrogens (tertiary/aromatic N) is 2. The Kier molecular flexibility index (Phi) is 9.07. The van der Waals surface area contributed by atoms with Crippen LogP contribution in [0.2, 0.25) is 0 Å². The van der Waals surface area contributed by atoms with Crippen LogP contribution in [-0.2, 0) is 4.84 Å². The van der Waals surface area contributed by atoms with Crippen LogP contribution in [0.4, 0.5) is 0 Å². The van der Waals surface area contributed by atoms with Gasteiger partial charge in [-0.3, -0.25) is 14.5 Å². The van der Waals surface area contributed by atoms with Crippen molar-refractivity contribution in [3.8, 4) is 5.75 Å². The topological polar surface area (TPSA) is 111 Å². The van der Waals surface area contributed by atoms with Crippen LogP contribution < -0.4 is 10.1 Å². The lowest BCUT2D eigenvalue weighted by atomic mass is 10.1. The van der Waals surface area contributed by atoms with Crippen molar-refractivity contribution in [3.05, 3.63) is 39.4 Å². The zero-order valence-electron chi connectivity index (χ0n) is 15.3. The van der Waals surface area contributed by atoms with Gasteiger partial charge in [-0.1, -0.05) is 20.8 Å². The maximum Gasteiger partial charge on any atom is 0.294 e. The van der Waals surface area contributed by atoms with Crippen LogP contribution in [-0.4, -0.2) is 54.6 Å². The molecule has 0 fully saturated rings. The van der Waals surface area contributed by atoms with Gasteiger partial charge in [0.2, 0.25) is 0 Å². The average molecular weight is 367 g/mol. The van der Waals surface area contributed by atoms with Gasteiger partial charge in [0.25, 0.3) is 16.9 Å². The van der Waals surface area contributed by atoms with E-state index < -0.39 is 16.9 Å². The highest BCUT2D eigenvalue weighted by molar-refractivity contribution is 6.21. The van der Waals surface area contributed by atoms with E-state index in [1.54, 1.807) is 6.07 Å². The van der Waals surface area contributed by atoms with Crippen molar-refractivity contribution < 1.29 is 24.3 Å². The normalized spacial score (nSPS) is 12.3. The Hall–Kier alpha value is -2.68. The minimum absolute atomic E-state index is 0.168. The van der Waals surface area contributed by atoms with Gasteiger partial charge in [0, 0.05) is 0 Å². The number of imide groups is 1. The van der Waals surface area contributed by atoms with Crippen molar-refractivity contribution in [1.82, 2.24) is 10.2 Å². The van der Waals surface area contributed by atoms with Crippen LogP contribution in [0.15, 0.2) is 18.2 Å². The molecule has 0 aromatic heterocycles. The molecule has 0 unspecified atom stereocenters. The van der Waals surface area contributed by atoms with Crippen molar-refractivity contribution in [2.45, 2.75) is 27.2 Å². The monoisotopic (exact) mass is 367 g/mol. The van der Waals surface area contributed by atoms with Crippen LogP contribution >= 0.6 is 0 Å². The minimum Gasteiger partial charge on any atom is -0.494 e. The molecule has 1 aromatic carbocycles. The number of carbonyl (C=O) groups is 2. The Labute approximate surface area is 152 Å². The van der Waals surface area contributed by atoms with Crippen molar-refractivity contribution in [3.63, 3.8) is 0 Å². The third kappa shape index (κ3) is 5.99. The second kappa shape index (κ2) is 11.0. The summed E-state index contributed by atoms with van der Waals surface area (Å²) in [6, 6.07) is 4.66. The number of carbonyl (C=O) groups excluding carboxylic acids is 2. The standard InChI is InChI=1S/C13H14N2O6.C4H11N/c1-2-6-20-9-3-4-10-11(8-9)13(17)14(12(10)16)5-7-21-15(18)19;1-3-5-4-2/h3-4,8H,2,5-7H2,1H3;5H,3-4H2,1-2H3. The van der Waals surface area contributed by atoms with Gasteiger partial charge in [-0.25, -0.2) is 0 Å². The maximum atomic E-state index is 12.1. The second-order valence-electron chi connectivity index (χ2n) is 5.33. The Balaban J connectivity index is 0.000000597. The first-order valence-electron chi connectivity index (χ1n) is 8.57. The summed E-state index contributed by atoms with van der Waals surface area (Å²) in [5.41, 5.74) is 0.514. The Morgan fingerprint density at radius 1 is 1.08 bits per heavy atom. The summed E-state index contributed by atoms with van der Waals surface area (Å²) in [7, 11) is 0. The fraction of sp³-hybridized carbons (Fsp3) is 0.529. The predicted molar refractivity (Wildman–Crippen MR) is 94.8 cm³/mol. The summed E-state index contributed by atoms with van der Waals surface area (Å²) < 4.78 is 5.42. The van der Waals surface area contributed by atoms with E-state index in [2.05, 4.69) is 24.0 Å². The van der Waals surface area contributed by atoms with Gasteiger partial charge in [-0.05, 0) is 37.7 Å². The van der Waals surface area contributed by atoms with Crippen molar-refractivity contribution in [2.24, 2.45) is 0 Å². The quantitative estimate of drug-likeness (QED) is 0.403. The Bertz CT molecular complexity index is 633. The van der Waals surface area contributed by atoms with Crippen LogP contribution in [0.3, 0.4) is 0 Å². The number of fused-ring (bicyclic) bond motifs is 1. The smallest absolute Gasteiger partial charge is 0.294 e. The highest BCUT2D eigenvalue weighted by atomic mass is 16.9. The number of benzene rings is 1. The van der Waals surface area contributed by atoms with E-state index in [1.807, 2.05) is 6.92 Å². The fourth-order valence-electron chi connectivity index (χ4n) is 2.24. The molecule has 2 rings (SSSR count). The first-order chi connectivity index (χ1) is 12.5. The van der Waals surface area contributed by atoms with E-state index >= 15 is 0 Å². The number of nitrogens with one attached hydrogen (secondary N) is 1. The first-order valence-corrected chi connectivity index (χ1v) is 8.57. The number of ether oxygens (including phenoxy) is 1. The largest absolute Gasteiger partial charge is 0.494 e. The molecule has 1 aliphatic rings. The molecule has 0 atom stereocenters. The van der Waals surface area contributed by atoms with Crippen LogP contribution in [0.1, 0.15) is 47.9 Å². The third-order valence-electron chi connectivity index (χ3n) is 3.43. The molecule has 0 radical (unpaired) electrons. The Morgan fingerprint density at radius 2 is 1.73 bits per heavy atom. The molecule has 0 spiro atoms. The Morgan fingerprint density at radius 3 is 2.27 bits per heavy atom. The molecule has 1 heterocycles. The number of hydrogen-bond acceptors (Lipinski definition) is 7. The zero-order chi connectivity index (χ0) is 19.5. The van der Waals surface area contributed by atoms with E-state index in [4.69, 9.17) is 4.74 Å². The molecule has 1 N–H and O–H groups in total. The molecule has 26 heavy (non-hydrogen) atoms. The van der Waals surface area contributed by atoms with E-state index in [1.165, 1.54) is 12.1 Å².